The molecule has 2 aromatic rings. The van der Waals surface area contributed by atoms with Crippen molar-refractivity contribution in [2.24, 2.45) is 0 Å². The van der Waals surface area contributed by atoms with Gasteiger partial charge in [0.2, 0.25) is 0 Å². The third-order valence-corrected chi connectivity index (χ3v) is 2.45. The van der Waals surface area contributed by atoms with Crippen molar-refractivity contribution < 1.29 is 9.90 Å². The minimum Gasteiger partial charge on any atom is -0.478 e. The zero-order valence-corrected chi connectivity index (χ0v) is 9.71. The van der Waals surface area contributed by atoms with Crippen LogP contribution < -0.4 is 0 Å². The minimum atomic E-state index is -0.948. The summed E-state index contributed by atoms with van der Waals surface area (Å²) in [4.78, 5) is 15.0. The largest absolute Gasteiger partial charge is 0.478 e. The van der Waals surface area contributed by atoms with Gasteiger partial charge in [-0.15, -0.1) is 0 Å². The zero-order chi connectivity index (χ0) is 12.4. The normalized spacial score (nSPS) is 10.5. The first kappa shape index (κ1) is 11.3. The second-order valence-electron chi connectivity index (χ2n) is 4.00. The molecule has 0 amide bonds. The molecule has 0 bridgehead atoms. The molecular weight excluding hydrogens is 218 g/mol. The molecule has 0 aromatic carbocycles. The van der Waals surface area contributed by atoms with Crippen molar-refractivity contribution in [3.05, 3.63) is 47.0 Å². The van der Waals surface area contributed by atoms with Crippen LogP contribution in [0.2, 0.25) is 0 Å². The van der Waals surface area contributed by atoms with Crippen molar-refractivity contribution in [3.8, 4) is 0 Å². The summed E-state index contributed by atoms with van der Waals surface area (Å²) in [6.45, 7) is 4.19. The molecule has 88 valence electrons. The highest BCUT2D eigenvalue weighted by atomic mass is 16.4. The molecule has 0 saturated heterocycles. The summed E-state index contributed by atoms with van der Waals surface area (Å²) in [5.74, 6) is -0.948. The van der Waals surface area contributed by atoms with Crippen LogP contribution in [0.1, 0.15) is 27.2 Å². The average Bonchev–Trinajstić information content (AvgIpc) is 2.59. The first-order valence-corrected chi connectivity index (χ1v) is 5.24. The van der Waals surface area contributed by atoms with Gasteiger partial charge < -0.3 is 5.11 Å². The van der Waals surface area contributed by atoms with E-state index in [4.69, 9.17) is 5.11 Å². The van der Waals surface area contributed by atoms with Crippen LogP contribution in [-0.2, 0) is 6.54 Å². The van der Waals surface area contributed by atoms with Gasteiger partial charge in [-0.05, 0) is 25.0 Å². The predicted octanol–water partition coefficient (Wildman–Crippen LogP) is 1.64. The molecule has 0 spiro atoms. The topological polar surface area (TPSA) is 68.0 Å². The van der Waals surface area contributed by atoms with Crippen molar-refractivity contribution >= 4 is 5.97 Å². The Kier molecular flexibility index (Phi) is 2.91. The summed E-state index contributed by atoms with van der Waals surface area (Å²) in [5, 5.41) is 13.1. The Hall–Kier alpha value is -2.17. The van der Waals surface area contributed by atoms with E-state index in [-0.39, 0.29) is 5.56 Å². The number of carboxylic acids is 1. The lowest BCUT2D eigenvalue weighted by Crippen LogP contribution is -2.01. The second-order valence-corrected chi connectivity index (χ2v) is 4.00. The first-order chi connectivity index (χ1) is 8.06. The third kappa shape index (κ3) is 2.50. The number of pyridine rings is 1. The number of nitrogens with zero attached hydrogens (tertiary/aromatic N) is 3. The Morgan fingerprint density at radius 3 is 2.76 bits per heavy atom. The number of hydrogen-bond donors (Lipinski definition) is 1. The Labute approximate surface area is 98.7 Å². The molecule has 1 N–H and O–H groups in total. The van der Waals surface area contributed by atoms with Gasteiger partial charge in [0.25, 0.3) is 0 Å². The van der Waals surface area contributed by atoms with E-state index < -0.39 is 5.97 Å². The van der Waals surface area contributed by atoms with Gasteiger partial charge in [0, 0.05) is 18.6 Å². The third-order valence-electron chi connectivity index (χ3n) is 2.45. The molecular formula is C12H13N3O2. The lowest BCUT2D eigenvalue weighted by molar-refractivity contribution is 0.0696. The number of rotatable bonds is 3. The average molecular weight is 231 g/mol. The van der Waals surface area contributed by atoms with Gasteiger partial charge in [-0.2, -0.15) is 5.10 Å². The molecule has 5 nitrogen and oxygen atoms in total. The van der Waals surface area contributed by atoms with Crippen LogP contribution >= 0.6 is 0 Å². The lowest BCUT2D eigenvalue weighted by atomic mass is 10.2. The van der Waals surface area contributed by atoms with Gasteiger partial charge in [-0.1, -0.05) is 6.07 Å². The van der Waals surface area contributed by atoms with E-state index in [2.05, 4.69) is 10.1 Å². The Morgan fingerprint density at radius 1 is 1.41 bits per heavy atom. The molecule has 2 heterocycles. The Morgan fingerprint density at radius 2 is 2.18 bits per heavy atom. The van der Waals surface area contributed by atoms with Crippen LogP contribution in [0.15, 0.2) is 24.7 Å². The van der Waals surface area contributed by atoms with Gasteiger partial charge in [-0.25, -0.2) is 4.79 Å². The highest BCUT2D eigenvalue weighted by Gasteiger charge is 2.11. The van der Waals surface area contributed by atoms with Gasteiger partial charge in [0.1, 0.15) is 5.56 Å². The van der Waals surface area contributed by atoms with Crippen LogP contribution in [0.4, 0.5) is 0 Å². The van der Waals surface area contributed by atoms with Gasteiger partial charge >= 0.3 is 5.97 Å². The summed E-state index contributed by atoms with van der Waals surface area (Å²) < 4.78 is 1.62. The quantitative estimate of drug-likeness (QED) is 0.871. The number of aromatic carboxylic acids is 1. The fraction of sp³-hybridized carbons (Fsp3) is 0.250. The summed E-state index contributed by atoms with van der Waals surface area (Å²) in [7, 11) is 0. The van der Waals surface area contributed by atoms with E-state index >= 15 is 0 Å². The van der Waals surface area contributed by atoms with Crippen LogP contribution in [-0.4, -0.2) is 25.8 Å². The van der Waals surface area contributed by atoms with Crippen LogP contribution in [0.5, 0.6) is 0 Å². The van der Waals surface area contributed by atoms with Crippen molar-refractivity contribution in [1.29, 1.82) is 0 Å². The van der Waals surface area contributed by atoms with Gasteiger partial charge in [0.05, 0.1) is 12.2 Å². The molecule has 2 rings (SSSR count). The standard InChI is InChI=1S/C12H13N3O2/c1-8-3-10(5-13-4-8)6-15-7-11(12(16)17)9(2)14-15/h3-5,7H,6H2,1-2H3,(H,16,17). The molecule has 5 heteroatoms. The van der Waals surface area contributed by atoms with E-state index in [1.165, 1.54) is 0 Å². The number of hydrogen-bond acceptors (Lipinski definition) is 3. The van der Waals surface area contributed by atoms with E-state index in [0.29, 0.717) is 12.2 Å². The SMILES string of the molecule is Cc1cncc(Cn2cc(C(=O)O)c(C)n2)c1. The molecule has 2 aromatic heterocycles. The van der Waals surface area contributed by atoms with Gasteiger partial charge in [0.15, 0.2) is 0 Å². The van der Waals surface area contributed by atoms with Crippen LogP contribution in [0.3, 0.4) is 0 Å². The zero-order valence-electron chi connectivity index (χ0n) is 9.71. The summed E-state index contributed by atoms with van der Waals surface area (Å²) in [6, 6.07) is 2.00. The predicted molar refractivity (Wildman–Crippen MR) is 62.0 cm³/mol. The van der Waals surface area contributed by atoms with E-state index in [0.717, 1.165) is 11.1 Å². The summed E-state index contributed by atoms with van der Waals surface area (Å²) in [6.07, 6.45) is 5.07. The molecule has 0 atom stereocenters. The van der Waals surface area contributed by atoms with Crippen molar-refractivity contribution in [2.75, 3.05) is 0 Å². The van der Waals surface area contributed by atoms with Crippen molar-refractivity contribution in [3.63, 3.8) is 0 Å². The molecule has 0 radical (unpaired) electrons. The molecule has 0 saturated carbocycles. The maximum Gasteiger partial charge on any atom is 0.339 e. The fourth-order valence-corrected chi connectivity index (χ4v) is 1.70. The molecule has 0 aliphatic heterocycles. The fourth-order valence-electron chi connectivity index (χ4n) is 1.70. The molecule has 0 aliphatic rings. The van der Waals surface area contributed by atoms with E-state index in [9.17, 15) is 4.79 Å². The maximum atomic E-state index is 10.9. The van der Waals surface area contributed by atoms with Crippen molar-refractivity contribution in [2.45, 2.75) is 20.4 Å². The van der Waals surface area contributed by atoms with Gasteiger partial charge in [-0.3, -0.25) is 9.67 Å². The molecule has 0 fully saturated rings. The van der Waals surface area contributed by atoms with Crippen LogP contribution in [0, 0.1) is 13.8 Å². The second kappa shape index (κ2) is 4.37. The number of aryl methyl sites for hydroxylation is 2. The maximum absolute atomic E-state index is 10.9. The molecule has 0 aliphatic carbocycles. The summed E-state index contributed by atoms with van der Waals surface area (Å²) in [5.41, 5.74) is 2.85. The molecule has 17 heavy (non-hydrogen) atoms. The van der Waals surface area contributed by atoms with Crippen molar-refractivity contribution in [1.82, 2.24) is 14.8 Å². The summed E-state index contributed by atoms with van der Waals surface area (Å²) >= 11 is 0. The van der Waals surface area contributed by atoms with E-state index in [1.807, 2.05) is 13.0 Å². The number of carboxylic acid groups (broad SMARTS) is 1. The smallest absolute Gasteiger partial charge is 0.339 e. The van der Waals surface area contributed by atoms with E-state index in [1.54, 1.807) is 30.2 Å². The minimum absolute atomic E-state index is 0.241. The molecule has 0 unspecified atom stereocenters. The lowest BCUT2D eigenvalue weighted by Gasteiger charge is -2.01. The number of aromatic nitrogens is 3. The Bertz CT molecular complexity index is 561. The highest BCUT2D eigenvalue weighted by Crippen LogP contribution is 2.08. The van der Waals surface area contributed by atoms with Crippen LogP contribution in [0.25, 0.3) is 0 Å². The first-order valence-electron chi connectivity index (χ1n) is 5.24. The monoisotopic (exact) mass is 231 g/mol. The number of carbonyl (C=O) groups is 1. The highest BCUT2D eigenvalue weighted by molar-refractivity contribution is 5.88. The Balaban J connectivity index is 2.25.